The lowest BCUT2D eigenvalue weighted by molar-refractivity contribution is -0.171. The van der Waals surface area contributed by atoms with Crippen LogP contribution in [0.1, 0.15) is 81.3 Å². The summed E-state index contributed by atoms with van der Waals surface area (Å²) in [6.45, 7) is 21.5. The fraction of sp³-hybridized carbons (Fsp3) is 0.296. The number of benzene rings is 6. The molecule has 60 heavy (non-hydrogen) atoms. The molecular weight excluding hydrogens is 775 g/mol. The summed E-state index contributed by atoms with van der Waals surface area (Å²) < 4.78 is 11.8. The highest BCUT2D eigenvalue weighted by atomic mass is 31.1. The molecule has 0 N–H and O–H groups in total. The third-order valence-corrected chi connectivity index (χ3v) is 16.5. The maximum Gasteiger partial charge on any atom is 0.310 e. The summed E-state index contributed by atoms with van der Waals surface area (Å²) in [5.74, 6) is -2.87. The topological polar surface area (TPSA) is 52.6 Å². The maximum atomic E-state index is 14.5. The molecule has 0 heterocycles. The highest BCUT2D eigenvalue weighted by Gasteiger charge is 2.61. The number of aryl methyl sites for hydroxylation is 8. The van der Waals surface area contributed by atoms with Gasteiger partial charge in [-0.15, -0.1) is 0 Å². The smallest absolute Gasteiger partial charge is 0.310 e. The van der Waals surface area contributed by atoms with E-state index < -0.39 is 27.7 Å². The van der Waals surface area contributed by atoms with Crippen LogP contribution in [0, 0.1) is 67.2 Å². The van der Waals surface area contributed by atoms with Gasteiger partial charge in [-0.05, 0) is 128 Å². The fourth-order valence-electron chi connectivity index (χ4n) is 9.70. The molecule has 308 valence electrons. The van der Waals surface area contributed by atoms with Gasteiger partial charge in [-0.25, -0.2) is 0 Å². The summed E-state index contributed by atoms with van der Waals surface area (Å²) in [4.78, 5) is 29.0. The minimum atomic E-state index is -1.08. The first kappa shape index (κ1) is 43.2. The van der Waals surface area contributed by atoms with Crippen molar-refractivity contribution in [3.8, 4) is 0 Å². The largest absolute Gasteiger partial charge is 0.466 e. The molecule has 0 aromatic heterocycles. The van der Waals surface area contributed by atoms with Gasteiger partial charge >= 0.3 is 11.9 Å². The van der Waals surface area contributed by atoms with Crippen molar-refractivity contribution >= 4 is 59.6 Å². The van der Waals surface area contributed by atoms with Crippen LogP contribution in [0.4, 0.5) is 0 Å². The van der Waals surface area contributed by atoms with Crippen molar-refractivity contribution < 1.29 is 19.1 Å². The Morgan fingerprint density at radius 3 is 0.917 bits per heavy atom. The molecule has 1 saturated carbocycles. The van der Waals surface area contributed by atoms with Crippen molar-refractivity contribution in [1.29, 1.82) is 0 Å². The summed E-state index contributed by atoms with van der Waals surface area (Å²) in [5.41, 5.74) is 11.9. The van der Waals surface area contributed by atoms with Crippen molar-refractivity contribution in [2.75, 3.05) is 13.2 Å². The second-order valence-corrected chi connectivity index (χ2v) is 21.2. The molecule has 0 aliphatic heterocycles. The van der Waals surface area contributed by atoms with Gasteiger partial charge in [0.1, 0.15) is 0 Å². The molecule has 0 bridgehead atoms. The lowest BCUT2D eigenvalue weighted by atomic mass is 9.52. The van der Waals surface area contributed by atoms with Gasteiger partial charge < -0.3 is 9.47 Å². The number of hydrogen-bond acceptors (Lipinski definition) is 4. The van der Waals surface area contributed by atoms with Crippen molar-refractivity contribution in [3.05, 3.63) is 177 Å². The average Bonchev–Trinajstić information content (AvgIpc) is 3.15. The van der Waals surface area contributed by atoms with E-state index in [-0.39, 0.29) is 37.0 Å². The Hall–Kier alpha value is -4.88. The Kier molecular flexibility index (Phi) is 13.2. The first-order valence-electron chi connectivity index (χ1n) is 21.2. The van der Waals surface area contributed by atoms with E-state index in [1.54, 1.807) is 0 Å². The standard InChI is InChI=1S/C54H58O4P2/c1-11-57-53(55)51-49(45-17-13-15-19-47(45)59(41-25-33(3)21-34(4)26-41)42-27-35(5)22-36(6)28-42)50(52(51)54(56)58-12-2)46-18-14-16-20-48(46)60(43-29-37(7)23-38(8)30-43)44-31-39(9)24-40(10)32-44/h13-32,49-52H,11-12H2,1-10H3/t49-,50-,51-,52-/m1/s1. The van der Waals surface area contributed by atoms with E-state index in [0.29, 0.717) is 0 Å². The highest BCUT2D eigenvalue weighted by Crippen LogP contribution is 2.60. The van der Waals surface area contributed by atoms with E-state index in [1.165, 1.54) is 76.3 Å². The van der Waals surface area contributed by atoms with Crippen LogP contribution in [0.3, 0.4) is 0 Å². The Morgan fingerprint density at radius 1 is 0.417 bits per heavy atom. The van der Waals surface area contributed by atoms with Crippen LogP contribution < -0.4 is 31.8 Å². The number of rotatable bonds is 12. The van der Waals surface area contributed by atoms with Crippen molar-refractivity contribution in [3.63, 3.8) is 0 Å². The molecule has 0 saturated heterocycles. The first-order valence-corrected chi connectivity index (χ1v) is 23.9. The molecule has 1 aliphatic carbocycles. The molecule has 6 aromatic rings. The van der Waals surface area contributed by atoms with E-state index in [2.05, 4.69) is 177 Å². The number of carbonyl (C=O) groups is 2. The third-order valence-electron chi connectivity index (χ3n) is 11.6. The number of ether oxygens (including phenoxy) is 2. The minimum absolute atomic E-state index is 0.225. The maximum absolute atomic E-state index is 14.5. The zero-order valence-corrected chi connectivity index (χ0v) is 38.6. The van der Waals surface area contributed by atoms with E-state index >= 15 is 0 Å². The lowest BCUT2D eigenvalue weighted by Gasteiger charge is -2.51. The Bertz CT molecular complexity index is 2200. The van der Waals surface area contributed by atoms with E-state index in [1.807, 2.05) is 13.8 Å². The zero-order chi connectivity index (χ0) is 42.8. The van der Waals surface area contributed by atoms with Crippen LogP contribution in [0.2, 0.25) is 0 Å². The van der Waals surface area contributed by atoms with Gasteiger partial charge in [-0.3, -0.25) is 9.59 Å². The average molecular weight is 833 g/mol. The van der Waals surface area contributed by atoms with Crippen LogP contribution in [0.25, 0.3) is 0 Å². The summed E-state index contributed by atoms with van der Waals surface area (Å²) in [6, 6.07) is 44.9. The number of hydrogen-bond donors (Lipinski definition) is 0. The fourth-order valence-corrected chi connectivity index (χ4v) is 15.5. The van der Waals surface area contributed by atoms with Gasteiger partial charge in [-0.1, -0.05) is 166 Å². The molecule has 4 nitrogen and oxygen atoms in total. The molecule has 7 rings (SSSR count). The predicted octanol–water partition coefficient (Wildman–Crippen LogP) is 9.91. The summed E-state index contributed by atoms with van der Waals surface area (Å²) in [7, 11) is -2.16. The molecule has 1 fully saturated rings. The van der Waals surface area contributed by atoms with E-state index in [4.69, 9.17) is 9.47 Å². The van der Waals surface area contributed by atoms with Gasteiger partial charge in [0.05, 0.1) is 25.0 Å². The van der Waals surface area contributed by atoms with Crippen molar-refractivity contribution in [1.82, 2.24) is 0 Å². The van der Waals surface area contributed by atoms with Gasteiger partial charge in [0.25, 0.3) is 0 Å². The second kappa shape index (κ2) is 18.4. The molecule has 0 radical (unpaired) electrons. The second-order valence-electron chi connectivity index (χ2n) is 16.8. The van der Waals surface area contributed by atoms with Gasteiger partial charge in [-0.2, -0.15) is 0 Å². The zero-order valence-electron chi connectivity index (χ0n) is 36.8. The quantitative estimate of drug-likeness (QED) is 0.0911. The Morgan fingerprint density at radius 2 is 0.667 bits per heavy atom. The van der Waals surface area contributed by atoms with E-state index in [0.717, 1.165) is 11.1 Å². The minimum Gasteiger partial charge on any atom is -0.466 e. The monoisotopic (exact) mass is 832 g/mol. The van der Waals surface area contributed by atoms with Gasteiger partial charge in [0, 0.05) is 11.8 Å². The molecular formula is C54H58O4P2. The predicted molar refractivity (Wildman–Crippen MR) is 254 cm³/mol. The lowest BCUT2D eigenvalue weighted by Crippen LogP contribution is -2.54. The summed E-state index contributed by atoms with van der Waals surface area (Å²) >= 11 is 0. The molecule has 4 atom stereocenters. The molecule has 0 unspecified atom stereocenters. The number of carbonyl (C=O) groups excluding carboxylic acids is 2. The van der Waals surface area contributed by atoms with Gasteiger partial charge in [0.15, 0.2) is 0 Å². The SMILES string of the molecule is CCOC(=O)[C@H]1[C@H](C(=O)OCC)[C@H](c2ccccc2P(c2cc(C)cc(C)c2)c2cc(C)cc(C)c2)[C@H]1c1ccccc1P(c1cc(C)cc(C)c1)c1cc(C)cc(C)c1. The van der Waals surface area contributed by atoms with E-state index in [9.17, 15) is 9.59 Å². The first-order chi connectivity index (χ1) is 28.8. The molecule has 0 amide bonds. The molecule has 6 aromatic carbocycles. The summed E-state index contributed by atoms with van der Waals surface area (Å²) in [6.07, 6.45) is 0. The highest BCUT2D eigenvalue weighted by molar-refractivity contribution is 7.80. The van der Waals surface area contributed by atoms with Crippen molar-refractivity contribution in [2.24, 2.45) is 11.8 Å². The summed E-state index contributed by atoms with van der Waals surface area (Å²) in [5, 5.41) is 7.44. The van der Waals surface area contributed by atoms with Gasteiger partial charge in [0.2, 0.25) is 0 Å². The van der Waals surface area contributed by atoms with Crippen LogP contribution in [-0.2, 0) is 19.1 Å². The van der Waals surface area contributed by atoms with Crippen LogP contribution in [0.5, 0.6) is 0 Å². The van der Waals surface area contributed by atoms with Crippen LogP contribution in [-0.4, -0.2) is 25.2 Å². The third kappa shape index (κ3) is 8.93. The molecule has 0 spiro atoms. The normalized spacial score (nSPS) is 17.4. The Labute approximate surface area is 360 Å². The van der Waals surface area contributed by atoms with Crippen LogP contribution in [0.15, 0.2) is 121 Å². The molecule has 6 heteroatoms. The molecule has 1 aliphatic rings. The Balaban J connectivity index is 1.52. The van der Waals surface area contributed by atoms with Crippen molar-refractivity contribution in [2.45, 2.75) is 81.1 Å². The number of esters is 2. The van der Waals surface area contributed by atoms with Crippen LogP contribution >= 0.6 is 15.8 Å².